The Kier molecular flexibility index (Phi) is 4.92. The number of hydrogen-bond donors (Lipinski definition) is 3. The summed E-state index contributed by atoms with van der Waals surface area (Å²) in [5, 5.41) is 9.56. The number of amides is 1. The van der Waals surface area contributed by atoms with E-state index in [1.54, 1.807) is 0 Å². The first kappa shape index (κ1) is 15.3. The molecule has 1 aromatic rings. The smallest absolute Gasteiger partial charge is 0.239 e. The van der Waals surface area contributed by atoms with Crippen LogP contribution in [0.15, 0.2) is 0 Å². The third-order valence-corrected chi connectivity index (χ3v) is 4.87. The third-order valence-electron chi connectivity index (χ3n) is 4.87. The monoisotopic (exact) mass is 306 g/mol. The normalized spacial score (nSPS) is 23.7. The van der Waals surface area contributed by atoms with E-state index in [0.717, 1.165) is 25.9 Å². The third kappa shape index (κ3) is 3.76. The molecule has 0 spiro atoms. The summed E-state index contributed by atoms with van der Waals surface area (Å²) in [6.45, 7) is 2.66. The zero-order chi connectivity index (χ0) is 15.4. The highest BCUT2D eigenvalue weighted by molar-refractivity contribution is 5.78. The fourth-order valence-electron chi connectivity index (χ4n) is 3.69. The number of aromatic amines is 1. The quantitative estimate of drug-likeness (QED) is 0.743. The number of aromatic nitrogens is 3. The second-order valence-corrected chi connectivity index (χ2v) is 6.45. The minimum absolute atomic E-state index is 0.133. The van der Waals surface area contributed by atoms with Gasteiger partial charge >= 0.3 is 0 Å². The highest BCUT2D eigenvalue weighted by Gasteiger charge is 2.30. The molecule has 2 heterocycles. The van der Waals surface area contributed by atoms with Crippen molar-refractivity contribution in [2.24, 2.45) is 5.92 Å². The number of carbonyl (C=O) groups excluding carboxylic acids is 1. The Balaban J connectivity index is 1.43. The number of nitrogen functional groups attached to an aromatic ring is 1. The fourth-order valence-corrected chi connectivity index (χ4v) is 3.69. The topological polar surface area (TPSA) is 99.9 Å². The lowest BCUT2D eigenvalue weighted by Crippen LogP contribution is -2.46. The van der Waals surface area contributed by atoms with E-state index >= 15 is 0 Å². The molecule has 7 nitrogen and oxygen atoms in total. The summed E-state index contributed by atoms with van der Waals surface area (Å²) in [4.78, 5) is 18.9. The molecule has 22 heavy (non-hydrogen) atoms. The van der Waals surface area contributed by atoms with Crippen LogP contribution in [0, 0.1) is 5.92 Å². The summed E-state index contributed by atoms with van der Waals surface area (Å²) in [6, 6.07) is 0.716. The predicted molar refractivity (Wildman–Crippen MR) is 84.1 cm³/mol. The molecule has 2 aliphatic rings. The van der Waals surface area contributed by atoms with Crippen molar-refractivity contribution in [2.75, 3.05) is 25.4 Å². The molecule has 1 aliphatic carbocycles. The maximum atomic E-state index is 12.3. The molecule has 1 unspecified atom stereocenters. The summed E-state index contributed by atoms with van der Waals surface area (Å²) in [7, 11) is 0. The van der Waals surface area contributed by atoms with Gasteiger partial charge in [0.05, 0.1) is 5.92 Å². The van der Waals surface area contributed by atoms with E-state index in [1.807, 2.05) is 0 Å². The lowest BCUT2D eigenvalue weighted by atomic mass is 9.95. The number of likely N-dealkylation sites (tertiary alicyclic amines) is 1. The Morgan fingerprint density at radius 2 is 2.14 bits per heavy atom. The Hall–Kier alpha value is -1.63. The summed E-state index contributed by atoms with van der Waals surface area (Å²) in [6.07, 6.45) is 8.08. The van der Waals surface area contributed by atoms with Crippen molar-refractivity contribution in [2.45, 2.75) is 51.0 Å². The van der Waals surface area contributed by atoms with Crippen LogP contribution in [0.5, 0.6) is 0 Å². The fraction of sp³-hybridized carbons (Fsp3) is 0.800. The Bertz CT molecular complexity index is 496. The van der Waals surface area contributed by atoms with Crippen molar-refractivity contribution in [3.05, 3.63) is 5.82 Å². The Morgan fingerprint density at radius 1 is 1.32 bits per heavy atom. The predicted octanol–water partition coefficient (Wildman–Crippen LogP) is 0.700. The van der Waals surface area contributed by atoms with Crippen LogP contribution in [0.3, 0.4) is 0 Å². The number of anilines is 1. The second-order valence-electron chi connectivity index (χ2n) is 6.45. The highest BCUT2D eigenvalue weighted by Crippen LogP contribution is 2.27. The first-order chi connectivity index (χ1) is 10.7. The minimum atomic E-state index is 0.133. The summed E-state index contributed by atoms with van der Waals surface area (Å²) >= 11 is 0. The second kappa shape index (κ2) is 7.09. The molecule has 1 saturated carbocycles. The average Bonchev–Trinajstić information content (AvgIpc) is 3.19. The number of nitrogens with two attached hydrogens (primary N) is 1. The van der Waals surface area contributed by atoms with Crippen molar-refractivity contribution >= 4 is 11.9 Å². The summed E-state index contributed by atoms with van der Waals surface area (Å²) in [5.41, 5.74) is 5.46. The van der Waals surface area contributed by atoms with Gasteiger partial charge in [0.15, 0.2) is 0 Å². The Labute approximate surface area is 131 Å². The molecule has 1 amide bonds. The largest absolute Gasteiger partial charge is 0.367 e. The van der Waals surface area contributed by atoms with Gasteiger partial charge in [0.1, 0.15) is 5.82 Å². The van der Waals surface area contributed by atoms with Gasteiger partial charge in [0, 0.05) is 25.6 Å². The Morgan fingerprint density at radius 3 is 2.86 bits per heavy atom. The van der Waals surface area contributed by atoms with Gasteiger partial charge in [0.2, 0.25) is 11.9 Å². The lowest BCUT2D eigenvalue weighted by molar-refractivity contribution is -0.127. The van der Waals surface area contributed by atoms with Gasteiger partial charge in [-0.2, -0.15) is 4.98 Å². The van der Waals surface area contributed by atoms with Crippen LogP contribution >= 0.6 is 0 Å². The molecule has 1 saturated heterocycles. The molecule has 122 valence electrons. The number of hydrogen-bond acceptors (Lipinski definition) is 5. The van der Waals surface area contributed by atoms with Crippen molar-refractivity contribution < 1.29 is 4.79 Å². The number of rotatable bonds is 5. The van der Waals surface area contributed by atoms with Gasteiger partial charge in [-0.25, -0.2) is 0 Å². The molecule has 3 rings (SSSR count). The lowest BCUT2D eigenvalue weighted by Gasteiger charge is -2.36. The van der Waals surface area contributed by atoms with Gasteiger partial charge in [-0.05, 0) is 32.2 Å². The average molecular weight is 306 g/mol. The van der Waals surface area contributed by atoms with Crippen molar-refractivity contribution in [1.29, 1.82) is 0 Å². The van der Waals surface area contributed by atoms with E-state index in [4.69, 9.17) is 5.73 Å². The van der Waals surface area contributed by atoms with Crippen molar-refractivity contribution in [3.8, 4) is 0 Å². The molecule has 7 heteroatoms. The van der Waals surface area contributed by atoms with E-state index in [-0.39, 0.29) is 17.8 Å². The summed E-state index contributed by atoms with van der Waals surface area (Å²) < 4.78 is 0. The molecule has 0 radical (unpaired) electrons. The van der Waals surface area contributed by atoms with Crippen LogP contribution in [-0.2, 0) is 11.2 Å². The van der Waals surface area contributed by atoms with Crippen LogP contribution in [-0.4, -0.2) is 51.7 Å². The van der Waals surface area contributed by atoms with Crippen LogP contribution in [0.25, 0.3) is 0 Å². The zero-order valence-electron chi connectivity index (χ0n) is 13.1. The van der Waals surface area contributed by atoms with Crippen molar-refractivity contribution in [3.63, 3.8) is 0 Å². The standard InChI is InChI=1S/C15H26N6O/c16-15-18-13(19-20-15)7-8-17-14(22)11-4-3-9-21(10-11)12-5-1-2-6-12/h11-12H,1-10H2,(H,17,22)(H3,16,18,19,20). The summed E-state index contributed by atoms with van der Waals surface area (Å²) in [5.74, 6) is 1.28. The number of piperidine rings is 1. The molecule has 2 fully saturated rings. The molecule has 1 atom stereocenters. The van der Waals surface area contributed by atoms with E-state index in [1.165, 1.54) is 25.7 Å². The first-order valence-electron chi connectivity index (χ1n) is 8.41. The maximum absolute atomic E-state index is 12.3. The van der Waals surface area contributed by atoms with E-state index < -0.39 is 0 Å². The van der Waals surface area contributed by atoms with Gasteiger partial charge in [-0.3, -0.25) is 14.8 Å². The minimum Gasteiger partial charge on any atom is -0.367 e. The molecular formula is C15H26N6O. The van der Waals surface area contributed by atoms with Gasteiger partial charge in [-0.1, -0.05) is 12.8 Å². The van der Waals surface area contributed by atoms with Gasteiger partial charge < -0.3 is 11.1 Å². The number of carbonyl (C=O) groups is 1. The molecule has 1 aromatic heterocycles. The maximum Gasteiger partial charge on any atom is 0.239 e. The van der Waals surface area contributed by atoms with E-state index in [0.29, 0.717) is 24.8 Å². The van der Waals surface area contributed by atoms with Gasteiger partial charge in [-0.15, -0.1) is 5.10 Å². The SMILES string of the molecule is Nc1n[nH]c(CCNC(=O)C2CCCN(C3CCCC3)C2)n1. The van der Waals surface area contributed by atoms with Crippen LogP contribution in [0.1, 0.15) is 44.3 Å². The van der Waals surface area contributed by atoms with Crippen molar-refractivity contribution in [1.82, 2.24) is 25.4 Å². The molecule has 4 N–H and O–H groups in total. The highest BCUT2D eigenvalue weighted by atomic mass is 16.1. The number of H-pyrrole nitrogens is 1. The number of nitrogens with one attached hydrogen (secondary N) is 2. The van der Waals surface area contributed by atoms with Crippen LogP contribution in [0.2, 0.25) is 0 Å². The van der Waals surface area contributed by atoms with E-state index in [2.05, 4.69) is 25.4 Å². The molecular weight excluding hydrogens is 280 g/mol. The molecule has 1 aliphatic heterocycles. The van der Waals surface area contributed by atoms with E-state index in [9.17, 15) is 4.79 Å². The first-order valence-corrected chi connectivity index (χ1v) is 8.41. The molecule has 0 bridgehead atoms. The number of nitrogens with zero attached hydrogens (tertiary/aromatic N) is 3. The van der Waals surface area contributed by atoms with Crippen LogP contribution < -0.4 is 11.1 Å². The molecule has 0 aromatic carbocycles. The van der Waals surface area contributed by atoms with Crippen LogP contribution in [0.4, 0.5) is 5.95 Å². The zero-order valence-corrected chi connectivity index (χ0v) is 13.1. The van der Waals surface area contributed by atoms with Gasteiger partial charge in [0.25, 0.3) is 0 Å².